The molecule has 1 heterocycles. The quantitative estimate of drug-likeness (QED) is 0.916. The fourth-order valence-corrected chi connectivity index (χ4v) is 2.20. The van der Waals surface area contributed by atoms with Crippen LogP contribution < -0.4 is 5.73 Å². The lowest BCUT2D eigenvalue weighted by molar-refractivity contribution is 0.710. The minimum absolute atomic E-state index is 0.333. The monoisotopic (exact) mass is 258 g/mol. The molecule has 0 amide bonds. The van der Waals surface area contributed by atoms with Gasteiger partial charge >= 0.3 is 0 Å². The van der Waals surface area contributed by atoms with Crippen LogP contribution in [0.5, 0.6) is 0 Å². The first kappa shape index (κ1) is 13.7. The normalized spacial score (nSPS) is 11.3. The molecule has 0 saturated carbocycles. The second-order valence-corrected chi connectivity index (χ2v) is 5.28. The van der Waals surface area contributed by atoms with E-state index in [0.717, 1.165) is 23.8 Å². The van der Waals surface area contributed by atoms with Crippen molar-refractivity contribution < 1.29 is 0 Å². The van der Waals surface area contributed by atoms with Crippen LogP contribution in [0.2, 0.25) is 0 Å². The Morgan fingerprint density at radius 3 is 2.58 bits per heavy atom. The van der Waals surface area contributed by atoms with E-state index < -0.39 is 0 Å². The molecule has 0 unspecified atom stereocenters. The van der Waals surface area contributed by atoms with Gasteiger partial charge in [-0.3, -0.25) is 0 Å². The van der Waals surface area contributed by atoms with Crippen LogP contribution >= 0.6 is 0 Å². The second kappa shape index (κ2) is 5.53. The van der Waals surface area contributed by atoms with Crippen molar-refractivity contribution in [1.82, 2.24) is 14.8 Å². The Balaban J connectivity index is 2.53. The molecule has 0 saturated heterocycles. The Labute approximate surface area is 114 Å². The van der Waals surface area contributed by atoms with Crippen molar-refractivity contribution in [3.8, 4) is 5.69 Å². The highest BCUT2D eigenvalue weighted by atomic mass is 15.4. The maximum Gasteiger partial charge on any atom is 0.152 e. The van der Waals surface area contributed by atoms with Gasteiger partial charge in [-0.15, -0.1) is 0 Å². The van der Waals surface area contributed by atoms with Gasteiger partial charge in [0.15, 0.2) is 5.82 Å². The Morgan fingerprint density at radius 2 is 2.00 bits per heavy atom. The number of rotatable bonds is 4. The van der Waals surface area contributed by atoms with Gasteiger partial charge in [-0.1, -0.05) is 31.5 Å². The maximum atomic E-state index is 5.60. The van der Waals surface area contributed by atoms with Gasteiger partial charge in [-0.2, -0.15) is 5.10 Å². The average Bonchev–Trinajstić information content (AvgIpc) is 2.73. The molecule has 0 aliphatic heterocycles. The van der Waals surface area contributed by atoms with Gasteiger partial charge in [0.1, 0.15) is 5.82 Å². The number of hydrogen-bond donors (Lipinski definition) is 1. The highest BCUT2D eigenvalue weighted by Crippen LogP contribution is 2.21. The Morgan fingerprint density at radius 1 is 1.26 bits per heavy atom. The van der Waals surface area contributed by atoms with Crippen LogP contribution in [0, 0.1) is 13.8 Å². The molecule has 0 aliphatic carbocycles. The summed E-state index contributed by atoms with van der Waals surface area (Å²) < 4.78 is 1.96. The molecule has 102 valence electrons. The van der Waals surface area contributed by atoms with E-state index in [-0.39, 0.29) is 0 Å². The first-order chi connectivity index (χ1) is 9.02. The summed E-state index contributed by atoms with van der Waals surface area (Å²) in [7, 11) is 0. The van der Waals surface area contributed by atoms with Crippen molar-refractivity contribution in [2.24, 2.45) is 5.73 Å². The molecule has 1 aromatic heterocycles. The largest absolute Gasteiger partial charge is 0.330 e. The fourth-order valence-electron chi connectivity index (χ4n) is 2.20. The van der Waals surface area contributed by atoms with Gasteiger partial charge in [0.2, 0.25) is 0 Å². The van der Waals surface area contributed by atoms with Crippen molar-refractivity contribution in [3.63, 3.8) is 0 Å². The van der Waals surface area contributed by atoms with Crippen LogP contribution in [0.25, 0.3) is 5.69 Å². The molecular weight excluding hydrogens is 236 g/mol. The highest BCUT2D eigenvalue weighted by molar-refractivity contribution is 5.42. The third kappa shape index (κ3) is 2.84. The van der Waals surface area contributed by atoms with E-state index in [9.17, 15) is 0 Å². The van der Waals surface area contributed by atoms with Gasteiger partial charge in [0, 0.05) is 12.3 Å². The van der Waals surface area contributed by atoms with Crippen molar-refractivity contribution in [2.75, 3.05) is 6.54 Å². The van der Waals surface area contributed by atoms with Crippen LogP contribution in [-0.2, 0) is 6.42 Å². The zero-order valence-electron chi connectivity index (χ0n) is 12.1. The van der Waals surface area contributed by atoms with Crippen molar-refractivity contribution in [3.05, 3.63) is 41.0 Å². The molecule has 2 aromatic rings. The summed E-state index contributed by atoms with van der Waals surface area (Å²) in [5.74, 6) is 2.15. The maximum absolute atomic E-state index is 5.60. The first-order valence-corrected chi connectivity index (χ1v) is 6.76. The molecule has 4 heteroatoms. The lowest BCUT2D eigenvalue weighted by Crippen LogP contribution is -2.07. The van der Waals surface area contributed by atoms with Gasteiger partial charge in [-0.05, 0) is 32.0 Å². The summed E-state index contributed by atoms with van der Waals surface area (Å²) in [6.45, 7) is 9.05. The number of nitrogens with two attached hydrogens (primary N) is 1. The third-order valence-corrected chi connectivity index (χ3v) is 3.14. The number of nitrogens with zero attached hydrogens (tertiary/aromatic N) is 3. The van der Waals surface area contributed by atoms with Crippen LogP contribution in [0.1, 0.15) is 42.5 Å². The number of hydrogen-bond acceptors (Lipinski definition) is 3. The van der Waals surface area contributed by atoms with Gasteiger partial charge in [-0.25, -0.2) is 9.67 Å². The topological polar surface area (TPSA) is 56.7 Å². The number of aryl methyl sites for hydroxylation is 2. The molecule has 0 spiro atoms. The minimum atomic E-state index is 0.333. The minimum Gasteiger partial charge on any atom is -0.330 e. The molecule has 4 nitrogen and oxygen atoms in total. The standard InChI is InChI=1S/C15H22N4/c1-10(2)15-17-14(7-8-16)18-19(15)13-6-5-11(3)9-12(13)4/h5-6,9-10H,7-8,16H2,1-4H3. The van der Waals surface area contributed by atoms with E-state index in [1.54, 1.807) is 0 Å². The van der Waals surface area contributed by atoms with Crippen molar-refractivity contribution in [2.45, 2.75) is 40.0 Å². The van der Waals surface area contributed by atoms with E-state index in [4.69, 9.17) is 5.73 Å². The predicted molar refractivity (Wildman–Crippen MR) is 77.7 cm³/mol. The van der Waals surface area contributed by atoms with Gasteiger partial charge in [0.05, 0.1) is 5.69 Å². The molecule has 0 bridgehead atoms. The molecule has 0 fully saturated rings. The molecular formula is C15H22N4. The SMILES string of the molecule is Cc1ccc(-n2nc(CCN)nc2C(C)C)c(C)c1. The fraction of sp³-hybridized carbons (Fsp3) is 0.467. The first-order valence-electron chi connectivity index (χ1n) is 6.76. The lowest BCUT2D eigenvalue weighted by Gasteiger charge is -2.11. The van der Waals surface area contributed by atoms with Gasteiger partial charge in [0.25, 0.3) is 0 Å². The van der Waals surface area contributed by atoms with E-state index in [0.29, 0.717) is 12.5 Å². The molecule has 2 rings (SSSR count). The zero-order valence-corrected chi connectivity index (χ0v) is 12.1. The molecule has 19 heavy (non-hydrogen) atoms. The molecule has 0 atom stereocenters. The van der Waals surface area contributed by atoms with Crippen molar-refractivity contribution >= 4 is 0 Å². The summed E-state index contributed by atoms with van der Waals surface area (Å²) >= 11 is 0. The summed E-state index contributed by atoms with van der Waals surface area (Å²) in [6, 6.07) is 6.39. The highest BCUT2D eigenvalue weighted by Gasteiger charge is 2.15. The second-order valence-electron chi connectivity index (χ2n) is 5.28. The summed E-state index contributed by atoms with van der Waals surface area (Å²) in [6.07, 6.45) is 0.720. The van der Waals surface area contributed by atoms with Crippen LogP contribution in [-0.4, -0.2) is 21.3 Å². The molecule has 0 radical (unpaired) electrons. The summed E-state index contributed by atoms with van der Waals surface area (Å²) in [5.41, 5.74) is 9.17. The Kier molecular flexibility index (Phi) is 4.00. The van der Waals surface area contributed by atoms with E-state index in [1.165, 1.54) is 11.1 Å². The lowest BCUT2D eigenvalue weighted by atomic mass is 10.1. The molecule has 1 aromatic carbocycles. The molecule has 0 aliphatic rings. The van der Waals surface area contributed by atoms with Gasteiger partial charge < -0.3 is 5.73 Å². The molecule has 2 N–H and O–H groups in total. The van der Waals surface area contributed by atoms with E-state index >= 15 is 0 Å². The van der Waals surface area contributed by atoms with Crippen LogP contribution in [0.3, 0.4) is 0 Å². The smallest absolute Gasteiger partial charge is 0.152 e. The third-order valence-electron chi connectivity index (χ3n) is 3.14. The van der Waals surface area contributed by atoms with E-state index in [1.807, 2.05) is 4.68 Å². The summed E-state index contributed by atoms with van der Waals surface area (Å²) in [5, 5.41) is 4.61. The average molecular weight is 258 g/mol. The van der Waals surface area contributed by atoms with Crippen LogP contribution in [0.15, 0.2) is 18.2 Å². The summed E-state index contributed by atoms with van der Waals surface area (Å²) in [4.78, 5) is 4.61. The van der Waals surface area contributed by atoms with E-state index in [2.05, 4.69) is 56.0 Å². The number of benzene rings is 1. The van der Waals surface area contributed by atoms with Crippen LogP contribution in [0.4, 0.5) is 0 Å². The van der Waals surface area contributed by atoms with Crippen molar-refractivity contribution in [1.29, 1.82) is 0 Å². The zero-order chi connectivity index (χ0) is 14.0. The Bertz CT molecular complexity index is 570. The Hall–Kier alpha value is -1.68. The predicted octanol–water partition coefficient (Wildman–Crippen LogP) is 2.51. The number of aromatic nitrogens is 3.